The van der Waals surface area contributed by atoms with Gasteiger partial charge in [0.05, 0.1) is 13.2 Å². The molecule has 2 rings (SSSR count). The summed E-state index contributed by atoms with van der Waals surface area (Å²) in [6, 6.07) is 7.30. The standard InChI is InChI=1S/C13H15NO4/c1-8(9-3-5-10(18-2)6-4-9)14-7-11(12(14)15)13(16)17/h3-6,8,11H,7H2,1-2H3,(H,16,17)/t8-,11?/m0/s1. The number of β-lactam (4-membered cyclic amide) rings is 1. The Bertz CT molecular complexity index is 468. The second-order valence-corrected chi connectivity index (χ2v) is 4.33. The summed E-state index contributed by atoms with van der Waals surface area (Å²) in [6.45, 7) is 2.17. The van der Waals surface area contributed by atoms with E-state index in [0.717, 1.165) is 11.3 Å². The molecule has 1 amide bonds. The molecule has 1 heterocycles. The second kappa shape index (κ2) is 4.68. The lowest BCUT2D eigenvalue weighted by molar-refractivity contribution is -0.164. The van der Waals surface area contributed by atoms with Crippen molar-refractivity contribution in [2.75, 3.05) is 13.7 Å². The summed E-state index contributed by atoms with van der Waals surface area (Å²) >= 11 is 0. The fourth-order valence-electron chi connectivity index (χ4n) is 2.05. The molecule has 1 aliphatic heterocycles. The molecule has 0 aromatic heterocycles. The summed E-state index contributed by atoms with van der Waals surface area (Å²) in [5, 5.41) is 8.78. The van der Waals surface area contributed by atoms with E-state index in [-0.39, 0.29) is 18.5 Å². The largest absolute Gasteiger partial charge is 0.497 e. The Hall–Kier alpha value is -2.04. The van der Waals surface area contributed by atoms with Crippen LogP contribution in [-0.2, 0) is 9.59 Å². The van der Waals surface area contributed by atoms with Crippen molar-refractivity contribution in [3.63, 3.8) is 0 Å². The number of amides is 1. The van der Waals surface area contributed by atoms with E-state index in [0.29, 0.717) is 0 Å². The Kier molecular flexibility index (Phi) is 3.23. The van der Waals surface area contributed by atoms with E-state index < -0.39 is 11.9 Å². The van der Waals surface area contributed by atoms with E-state index in [1.54, 1.807) is 12.0 Å². The van der Waals surface area contributed by atoms with Gasteiger partial charge in [-0.3, -0.25) is 9.59 Å². The topological polar surface area (TPSA) is 66.8 Å². The number of hydrogen-bond acceptors (Lipinski definition) is 3. The lowest BCUT2D eigenvalue weighted by Gasteiger charge is -2.40. The average Bonchev–Trinajstić information content (AvgIpc) is 2.36. The third-order valence-corrected chi connectivity index (χ3v) is 3.32. The molecule has 5 nitrogen and oxygen atoms in total. The zero-order chi connectivity index (χ0) is 13.3. The lowest BCUT2D eigenvalue weighted by atomic mass is 9.94. The van der Waals surface area contributed by atoms with Crippen molar-refractivity contribution in [1.29, 1.82) is 0 Å². The van der Waals surface area contributed by atoms with Gasteiger partial charge in [0.25, 0.3) is 0 Å². The van der Waals surface area contributed by atoms with E-state index in [4.69, 9.17) is 9.84 Å². The minimum absolute atomic E-state index is 0.112. The average molecular weight is 249 g/mol. The maximum absolute atomic E-state index is 11.7. The first-order chi connectivity index (χ1) is 8.54. The van der Waals surface area contributed by atoms with Crippen molar-refractivity contribution in [3.05, 3.63) is 29.8 Å². The van der Waals surface area contributed by atoms with Crippen LogP contribution in [0.25, 0.3) is 0 Å². The first kappa shape index (κ1) is 12.4. The molecule has 0 bridgehead atoms. The zero-order valence-electron chi connectivity index (χ0n) is 10.3. The van der Waals surface area contributed by atoms with E-state index in [9.17, 15) is 9.59 Å². The van der Waals surface area contributed by atoms with E-state index >= 15 is 0 Å². The minimum atomic E-state index is -1.04. The van der Waals surface area contributed by atoms with Gasteiger partial charge in [-0.15, -0.1) is 0 Å². The van der Waals surface area contributed by atoms with Crippen molar-refractivity contribution in [1.82, 2.24) is 4.90 Å². The quantitative estimate of drug-likeness (QED) is 0.645. The highest BCUT2D eigenvalue weighted by Gasteiger charge is 2.44. The minimum Gasteiger partial charge on any atom is -0.497 e. The number of hydrogen-bond donors (Lipinski definition) is 1. The summed E-state index contributed by atoms with van der Waals surface area (Å²) in [7, 11) is 1.59. The van der Waals surface area contributed by atoms with Gasteiger partial charge < -0.3 is 14.7 Å². The molecule has 0 spiro atoms. The Labute approximate surface area is 105 Å². The maximum Gasteiger partial charge on any atom is 0.317 e. The zero-order valence-corrected chi connectivity index (χ0v) is 10.3. The molecule has 5 heteroatoms. The molecule has 0 radical (unpaired) electrons. The Morgan fingerprint density at radius 2 is 2.06 bits per heavy atom. The summed E-state index contributed by atoms with van der Waals surface area (Å²) in [6.07, 6.45) is 0. The SMILES string of the molecule is COc1ccc([C@H](C)N2CC(C(=O)O)C2=O)cc1. The Morgan fingerprint density at radius 1 is 1.44 bits per heavy atom. The fourth-order valence-corrected chi connectivity index (χ4v) is 2.05. The number of carboxylic acids is 1. The number of carbonyl (C=O) groups excluding carboxylic acids is 1. The summed E-state index contributed by atoms with van der Waals surface area (Å²) in [5.41, 5.74) is 0.966. The molecule has 1 unspecified atom stereocenters. The molecule has 1 aromatic carbocycles. The van der Waals surface area contributed by atoms with Gasteiger partial charge in [0.2, 0.25) is 5.91 Å². The molecular formula is C13H15NO4. The van der Waals surface area contributed by atoms with Crippen molar-refractivity contribution in [3.8, 4) is 5.75 Å². The molecule has 1 aromatic rings. The predicted octanol–water partition coefficient (Wildman–Crippen LogP) is 1.30. The molecular weight excluding hydrogens is 234 g/mol. The number of aliphatic carboxylic acids is 1. The molecule has 0 saturated carbocycles. The van der Waals surface area contributed by atoms with E-state index in [1.807, 2.05) is 31.2 Å². The number of rotatable bonds is 4. The molecule has 1 N–H and O–H groups in total. The van der Waals surface area contributed by atoms with Crippen LogP contribution in [0.1, 0.15) is 18.5 Å². The first-order valence-corrected chi connectivity index (χ1v) is 5.72. The monoisotopic (exact) mass is 249 g/mol. The van der Waals surface area contributed by atoms with Crippen molar-refractivity contribution >= 4 is 11.9 Å². The van der Waals surface area contributed by atoms with Crippen molar-refractivity contribution < 1.29 is 19.4 Å². The highest BCUT2D eigenvalue weighted by atomic mass is 16.5. The van der Waals surface area contributed by atoms with Crippen LogP contribution in [-0.4, -0.2) is 35.5 Å². The summed E-state index contributed by atoms with van der Waals surface area (Å²) in [4.78, 5) is 23.9. The Morgan fingerprint density at radius 3 is 2.50 bits per heavy atom. The van der Waals surface area contributed by atoms with Crippen LogP contribution in [0.4, 0.5) is 0 Å². The van der Waals surface area contributed by atoms with Crippen LogP contribution < -0.4 is 4.74 Å². The number of carboxylic acid groups (broad SMARTS) is 1. The van der Waals surface area contributed by atoms with Gasteiger partial charge in [0, 0.05) is 6.54 Å². The van der Waals surface area contributed by atoms with Gasteiger partial charge >= 0.3 is 5.97 Å². The molecule has 1 saturated heterocycles. The fraction of sp³-hybridized carbons (Fsp3) is 0.385. The molecule has 96 valence electrons. The van der Waals surface area contributed by atoms with Crippen LogP contribution in [0.2, 0.25) is 0 Å². The van der Waals surface area contributed by atoms with Gasteiger partial charge in [-0.25, -0.2) is 0 Å². The van der Waals surface area contributed by atoms with Crippen LogP contribution in [0.3, 0.4) is 0 Å². The third kappa shape index (κ3) is 2.03. The number of benzene rings is 1. The first-order valence-electron chi connectivity index (χ1n) is 5.72. The summed E-state index contributed by atoms with van der Waals surface area (Å²) < 4.78 is 5.06. The molecule has 1 aliphatic rings. The van der Waals surface area contributed by atoms with Crippen molar-refractivity contribution in [2.24, 2.45) is 5.92 Å². The van der Waals surface area contributed by atoms with E-state index in [2.05, 4.69) is 0 Å². The van der Waals surface area contributed by atoms with Crippen LogP contribution in [0, 0.1) is 5.92 Å². The smallest absolute Gasteiger partial charge is 0.317 e. The maximum atomic E-state index is 11.7. The van der Waals surface area contributed by atoms with Gasteiger partial charge in [0.15, 0.2) is 5.92 Å². The van der Waals surface area contributed by atoms with Crippen LogP contribution in [0.15, 0.2) is 24.3 Å². The van der Waals surface area contributed by atoms with Crippen molar-refractivity contribution in [2.45, 2.75) is 13.0 Å². The second-order valence-electron chi connectivity index (χ2n) is 4.33. The van der Waals surface area contributed by atoms with E-state index in [1.165, 1.54) is 0 Å². The molecule has 1 fully saturated rings. The van der Waals surface area contributed by atoms with Gasteiger partial charge in [-0.1, -0.05) is 12.1 Å². The van der Waals surface area contributed by atoms with Gasteiger partial charge in [0.1, 0.15) is 5.75 Å². The predicted molar refractivity (Wildman–Crippen MR) is 64.2 cm³/mol. The van der Waals surface area contributed by atoms with Gasteiger partial charge in [-0.2, -0.15) is 0 Å². The normalized spacial score (nSPS) is 20.2. The third-order valence-electron chi connectivity index (χ3n) is 3.32. The molecule has 0 aliphatic carbocycles. The van der Waals surface area contributed by atoms with Crippen LogP contribution >= 0.6 is 0 Å². The number of ether oxygens (including phenoxy) is 1. The number of likely N-dealkylation sites (tertiary alicyclic amines) is 1. The summed E-state index contributed by atoms with van der Waals surface area (Å²) in [5.74, 6) is -1.47. The lowest BCUT2D eigenvalue weighted by Crippen LogP contribution is -2.56. The number of methoxy groups -OCH3 is 1. The number of nitrogens with zero attached hydrogens (tertiary/aromatic N) is 1. The molecule has 2 atom stereocenters. The van der Waals surface area contributed by atoms with Crippen LogP contribution in [0.5, 0.6) is 5.75 Å². The Balaban J connectivity index is 2.06. The highest BCUT2D eigenvalue weighted by Crippen LogP contribution is 2.30. The highest BCUT2D eigenvalue weighted by molar-refractivity contribution is 6.01. The number of carbonyl (C=O) groups is 2. The molecule has 18 heavy (non-hydrogen) atoms. The van der Waals surface area contributed by atoms with Gasteiger partial charge in [-0.05, 0) is 24.6 Å².